The van der Waals surface area contributed by atoms with Gasteiger partial charge < -0.3 is 14.2 Å². The minimum absolute atomic E-state index is 0.0748. The SMILES string of the molecule is O=C(NC(=S)Nc1ccc2oc(-c3cccc(Br)c3)nc2c1)c1ccc(-c2cccc(Cl)c2Cl)o1. The van der Waals surface area contributed by atoms with Crippen molar-refractivity contribution in [3.8, 4) is 22.8 Å². The Morgan fingerprint density at radius 1 is 0.971 bits per heavy atom. The summed E-state index contributed by atoms with van der Waals surface area (Å²) in [6.07, 6.45) is 0. The van der Waals surface area contributed by atoms with Crippen LogP contribution >= 0.6 is 51.3 Å². The molecule has 35 heavy (non-hydrogen) atoms. The lowest BCUT2D eigenvalue weighted by Gasteiger charge is -2.08. The number of oxazole rings is 1. The van der Waals surface area contributed by atoms with Crippen LogP contribution in [0.4, 0.5) is 5.69 Å². The van der Waals surface area contributed by atoms with Gasteiger partial charge in [0.1, 0.15) is 11.3 Å². The molecule has 3 aromatic carbocycles. The number of hydrogen-bond acceptors (Lipinski definition) is 5. The molecule has 0 atom stereocenters. The normalized spacial score (nSPS) is 10.9. The minimum atomic E-state index is -0.508. The zero-order valence-corrected chi connectivity index (χ0v) is 21.6. The molecule has 1 amide bonds. The van der Waals surface area contributed by atoms with Crippen molar-refractivity contribution in [2.45, 2.75) is 0 Å². The summed E-state index contributed by atoms with van der Waals surface area (Å²) in [5, 5.41) is 6.42. The van der Waals surface area contributed by atoms with E-state index < -0.39 is 5.91 Å². The Balaban J connectivity index is 1.28. The topological polar surface area (TPSA) is 80.3 Å². The van der Waals surface area contributed by atoms with Crippen LogP contribution < -0.4 is 10.6 Å². The molecule has 0 aliphatic heterocycles. The molecule has 0 radical (unpaired) electrons. The number of aromatic nitrogens is 1. The first kappa shape index (κ1) is 23.6. The van der Waals surface area contributed by atoms with Crippen LogP contribution in [-0.2, 0) is 0 Å². The van der Waals surface area contributed by atoms with E-state index in [1.807, 2.05) is 24.3 Å². The largest absolute Gasteiger partial charge is 0.451 e. The molecule has 0 bridgehead atoms. The summed E-state index contributed by atoms with van der Waals surface area (Å²) >= 11 is 21.1. The molecule has 174 valence electrons. The van der Waals surface area contributed by atoms with E-state index in [9.17, 15) is 4.79 Å². The van der Waals surface area contributed by atoms with Crippen molar-refractivity contribution in [1.29, 1.82) is 0 Å². The predicted molar refractivity (Wildman–Crippen MR) is 145 cm³/mol. The van der Waals surface area contributed by atoms with Gasteiger partial charge in [0.25, 0.3) is 5.91 Å². The number of benzene rings is 3. The van der Waals surface area contributed by atoms with Gasteiger partial charge in [0.2, 0.25) is 5.89 Å². The second kappa shape index (κ2) is 9.83. The van der Waals surface area contributed by atoms with Gasteiger partial charge in [0, 0.05) is 21.3 Å². The van der Waals surface area contributed by atoms with Crippen molar-refractivity contribution in [2.75, 3.05) is 5.32 Å². The molecule has 5 rings (SSSR count). The zero-order chi connectivity index (χ0) is 24.5. The molecular formula is C25H14BrCl2N3O3S. The van der Waals surface area contributed by atoms with Crippen LogP contribution in [0.25, 0.3) is 33.9 Å². The quantitative estimate of drug-likeness (QED) is 0.208. The third kappa shape index (κ3) is 5.11. The van der Waals surface area contributed by atoms with E-state index >= 15 is 0 Å². The van der Waals surface area contributed by atoms with Gasteiger partial charge in [0.05, 0.1) is 10.0 Å². The van der Waals surface area contributed by atoms with E-state index in [-0.39, 0.29) is 10.9 Å². The Hall–Kier alpha value is -3.17. The molecule has 10 heteroatoms. The smallest absolute Gasteiger partial charge is 0.293 e. The third-order valence-corrected chi connectivity index (χ3v) is 6.51. The Kier molecular flexibility index (Phi) is 6.62. The Morgan fingerprint density at radius 3 is 2.63 bits per heavy atom. The highest BCUT2D eigenvalue weighted by Gasteiger charge is 2.16. The molecule has 0 unspecified atom stereocenters. The highest BCUT2D eigenvalue weighted by Crippen LogP contribution is 2.34. The summed E-state index contributed by atoms with van der Waals surface area (Å²) < 4.78 is 12.4. The highest BCUT2D eigenvalue weighted by molar-refractivity contribution is 9.10. The van der Waals surface area contributed by atoms with E-state index in [0.717, 1.165) is 10.0 Å². The average Bonchev–Trinajstić information content (AvgIpc) is 3.48. The van der Waals surface area contributed by atoms with Gasteiger partial charge >= 0.3 is 0 Å². The number of hydrogen-bond donors (Lipinski definition) is 2. The maximum absolute atomic E-state index is 12.6. The Morgan fingerprint density at radius 2 is 1.80 bits per heavy atom. The van der Waals surface area contributed by atoms with E-state index in [1.165, 1.54) is 6.07 Å². The first-order valence-corrected chi connectivity index (χ1v) is 12.2. The summed E-state index contributed by atoms with van der Waals surface area (Å²) in [6, 6.07) is 21.4. The lowest BCUT2D eigenvalue weighted by Crippen LogP contribution is -2.33. The van der Waals surface area contributed by atoms with Crippen molar-refractivity contribution in [3.05, 3.63) is 93.1 Å². The van der Waals surface area contributed by atoms with Crippen molar-refractivity contribution >= 4 is 79.2 Å². The molecule has 5 aromatic rings. The number of furan rings is 1. The average molecular weight is 587 g/mol. The monoisotopic (exact) mass is 585 g/mol. The lowest BCUT2D eigenvalue weighted by molar-refractivity contribution is 0.0951. The molecule has 0 spiro atoms. The van der Waals surface area contributed by atoms with Gasteiger partial charge in [-0.3, -0.25) is 10.1 Å². The number of thiocarbonyl (C=S) groups is 1. The fourth-order valence-corrected chi connectivity index (χ4v) is 4.38. The number of anilines is 1. The fraction of sp³-hybridized carbons (Fsp3) is 0. The van der Waals surface area contributed by atoms with Crippen molar-refractivity contribution in [3.63, 3.8) is 0 Å². The summed E-state index contributed by atoms with van der Waals surface area (Å²) in [5.41, 5.74) is 3.35. The van der Waals surface area contributed by atoms with Crippen LogP contribution in [0.2, 0.25) is 10.0 Å². The van der Waals surface area contributed by atoms with Gasteiger partial charge in [0.15, 0.2) is 16.5 Å². The first-order valence-electron chi connectivity index (χ1n) is 10.2. The maximum atomic E-state index is 12.6. The molecule has 0 aliphatic carbocycles. The second-order valence-electron chi connectivity index (χ2n) is 7.39. The molecule has 6 nitrogen and oxygen atoms in total. The van der Waals surface area contributed by atoms with Crippen molar-refractivity contribution in [1.82, 2.24) is 10.3 Å². The number of rotatable bonds is 4. The van der Waals surface area contributed by atoms with Crippen LogP contribution in [0.15, 0.2) is 86.1 Å². The zero-order valence-electron chi connectivity index (χ0n) is 17.6. The van der Waals surface area contributed by atoms with Crippen LogP contribution in [0.3, 0.4) is 0 Å². The Labute approximate surface area is 223 Å². The molecule has 2 aromatic heterocycles. The summed E-state index contributed by atoms with van der Waals surface area (Å²) in [4.78, 5) is 17.2. The molecule has 0 saturated heterocycles. The van der Waals surface area contributed by atoms with E-state index in [1.54, 1.807) is 42.5 Å². The molecule has 0 fully saturated rings. The van der Waals surface area contributed by atoms with E-state index in [4.69, 9.17) is 44.3 Å². The number of halogens is 3. The number of fused-ring (bicyclic) bond motifs is 1. The summed E-state index contributed by atoms with van der Waals surface area (Å²) in [7, 11) is 0. The number of nitrogens with one attached hydrogen (secondary N) is 2. The summed E-state index contributed by atoms with van der Waals surface area (Å²) in [5.74, 6) is 0.485. The fourth-order valence-electron chi connectivity index (χ4n) is 3.38. The van der Waals surface area contributed by atoms with Crippen LogP contribution in [-0.4, -0.2) is 16.0 Å². The first-order chi connectivity index (χ1) is 16.9. The van der Waals surface area contributed by atoms with Crippen molar-refractivity contribution in [2.24, 2.45) is 0 Å². The summed E-state index contributed by atoms with van der Waals surface area (Å²) in [6.45, 7) is 0. The van der Waals surface area contributed by atoms with Crippen molar-refractivity contribution < 1.29 is 13.6 Å². The number of carbonyl (C=O) groups is 1. The second-order valence-corrected chi connectivity index (χ2v) is 9.49. The van der Waals surface area contributed by atoms with Gasteiger partial charge in [-0.25, -0.2) is 4.98 Å². The van der Waals surface area contributed by atoms with Crippen LogP contribution in [0.1, 0.15) is 10.6 Å². The van der Waals surface area contributed by atoms with Crippen LogP contribution in [0, 0.1) is 0 Å². The standard InChI is InChI=1S/C25H14BrCl2N3O3S/c26-14-4-1-3-13(11-14)24-30-18-12-15(7-8-20(18)34-24)29-25(35)31-23(32)21-10-9-19(33-21)16-5-2-6-17(27)22(16)28/h1-12H,(H2,29,31,32,35). The molecular weight excluding hydrogens is 573 g/mol. The lowest BCUT2D eigenvalue weighted by atomic mass is 10.2. The molecule has 2 N–H and O–H groups in total. The number of amides is 1. The Bertz CT molecular complexity index is 1600. The van der Waals surface area contributed by atoms with Gasteiger partial charge in [-0.05, 0) is 72.9 Å². The molecule has 0 aliphatic rings. The van der Waals surface area contributed by atoms with Gasteiger partial charge in [-0.2, -0.15) is 0 Å². The van der Waals surface area contributed by atoms with E-state index in [0.29, 0.717) is 44.0 Å². The molecule has 0 saturated carbocycles. The molecule has 2 heterocycles. The van der Waals surface area contributed by atoms with E-state index in [2.05, 4.69) is 31.5 Å². The highest BCUT2D eigenvalue weighted by atomic mass is 79.9. The minimum Gasteiger partial charge on any atom is -0.451 e. The van der Waals surface area contributed by atoms with Crippen LogP contribution in [0.5, 0.6) is 0 Å². The number of nitrogens with zero attached hydrogens (tertiary/aromatic N) is 1. The maximum Gasteiger partial charge on any atom is 0.293 e. The van der Waals surface area contributed by atoms with Gasteiger partial charge in [-0.1, -0.05) is 51.3 Å². The third-order valence-electron chi connectivity index (χ3n) is 4.99. The number of carbonyl (C=O) groups excluding carboxylic acids is 1. The van der Waals surface area contributed by atoms with Gasteiger partial charge in [-0.15, -0.1) is 0 Å². The predicted octanol–water partition coefficient (Wildman–Crippen LogP) is 7.95.